The van der Waals surface area contributed by atoms with Crippen LogP contribution in [0.3, 0.4) is 0 Å². The van der Waals surface area contributed by atoms with E-state index < -0.39 is 0 Å². The van der Waals surface area contributed by atoms with Crippen molar-refractivity contribution in [3.05, 3.63) is 274 Å². The van der Waals surface area contributed by atoms with E-state index >= 15 is 0 Å². The lowest BCUT2D eigenvalue weighted by Crippen LogP contribution is -2.25. The minimum atomic E-state index is 0.0444. The number of rotatable bonds is 28. The molecule has 0 amide bonds. The van der Waals surface area contributed by atoms with Crippen LogP contribution in [0, 0.1) is 0 Å². The number of hydrogen-bond acceptors (Lipinski definition) is 0. The van der Waals surface area contributed by atoms with E-state index in [0.717, 1.165) is 0 Å². The van der Waals surface area contributed by atoms with Crippen molar-refractivity contribution in [3.8, 4) is 44.5 Å². The van der Waals surface area contributed by atoms with Gasteiger partial charge in [-0.25, -0.2) is 0 Å². The van der Waals surface area contributed by atoms with Gasteiger partial charge < -0.3 is 0 Å². The van der Waals surface area contributed by atoms with Gasteiger partial charge in [-0.2, -0.15) is 0 Å². The summed E-state index contributed by atoms with van der Waals surface area (Å²) < 4.78 is 0. The number of hydrogen-bond donors (Lipinski definition) is 0. The van der Waals surface area contributed by atoms with Crippen molar-refractivity contribution in [1.29, 1.82) is 0 Å². The molecule has 9 aromatic rings. The van der Waals surface area contributed by atoms with Gasteiger partial charge in [0.05, 0.1) is 0 Å². The lowest BCUT2D eigenvalue weighted by molar-refractivity contribution is 0.401. The maximum atomic E-state index is 2.60. The van der Waals surface area contributed by atoms with Crippen LogP contribution in [-0.4, -0.2) is 0 Å². The predicted molar refractivity (Wildman–Crippen MR) is 364 cm³/mol. The van der Waals surface area contributed by atoms with Crippen molar-refractivity contribution >= 4 is 23.3 Å². The SMILES string of the molecule is CCCCCCC1(CCCCCC)c2ccccc2-c2ccc(/C(=C/c3ccc(-c4ccc(-c5ccc(/C=C(\c6ccccc6)c6ccc7c(c6)C(CCCCCC)(CCCCCC)c6ccccc6-7)cc5)cc4)cc3)c3ccccc3)cc21. The van der Waals surface area contributed by atoms with Crippen LogP contribution in [0.4, 0.5) is 0 Å². The van der Waals surface area contributed by atoms with Crippen LogP contribution >= 0.6 is 0 Å². The third kappa shape index (κ3) is 12.6. The van der Waals surface area contributed by atoms with Crippen LogP contribution in [0.5, 0.6) is 0 Å². The average molecular weight is 1100 g/mol. The molecule has 0 heterocycles. The van der Waals surface area contributed by atoms with Crippen molar-refractivity contribution in [3.63, 3.8) is 0 Å². The Kier molecular flexibility index (Phi) is 19.3. The van der Waals surface area contributed by atoms with Crippen molar-refractivity contribution in [2.75, 3.05) is 0 Å². The van der Waals surface area contributed by atoms with Crippen LogP contribution in [0.15, 0.2) is 218 Å². The van der Waals surface area contributed by atoms with E-state index in [9.17, 15) is 0 Å². The molecule has 11 rings (SSSR count). The summed E-state index contributed by atoms with van der Waals surface area (Å²) in [6.07, 6.45) is 30.2. The first kappa shape index (κ1) is 58.2. The second-order valence-electron chi connectivity index (χ2n) is 24.7. The van der Waals surface area contributed by atoms with E-state index in [2.05, 4.69) is 258 Å². The summed E-state index contributed by atoms with van der Waals surface area (Å²) in [6, 6.07) is 83.3. The lowest BCUT2D eigenvalue weighted by Gasteiger charge is -2.33. The molecule has 0 spiro atoms. The van der Waals surface area contributed by atoms with Crippen LogP contribution in [-0.2, 0) is 10.8 Å². The standard InChI is InChI=1S/C84H90/c1-5-9-13-27-55-83(56-28-14-10-6-2)79-37-25-23-35-73(79)75-53-51-71(61-81(75)83)77(69-31-19-17-20-32-69)59-63-39-43-65(44-40-63)67-47-49-68(50-48-67)66-45-41-64(42-46-66)60-78(70-33-21-18-22-34-70)72-52-54-76-74-36-24-26-38-80(74)84(82(76)62-72,57-29-15-11-7-3)58-30-16-12-8-4/h17-26,31-54,59-62H,5-16,27-30,55-58H2,1-4H3/b77-59+,78-60+. The summed E-state index contributed by atoms with van der Waals surface area (Å²) in [5, 5.41) is 0. The maximum Gasteiger partial charge on any atom is 0.0215 e. The molecule has 0 heteroatoms. The minimum absolute atomic E-state index is 0.0444. The summed E-state index contributed by atoms with van der Waals surface area (Å²) in [7, 11) is 0. The predicted octanol–water partition coefficient (Wildman–Crippen LogP) is 24.6. The Morgan fingerprint density at radius 1 is 0.262 bits per heavy atom. The Morgan fingerprint density at radius 3 is 0.893 bits per heavy atom. The van der Waals surface area contributed by atoms with Crippen molar-refractivity contribution in [2.24, 2.45) is 0 Å². The van der Waals surface area contributed by atoms with E-state index in [4.69, 9.17) is 0 Å². The number of unbranched alkanes of at least 4 members (excludes halogenated alkanes) is 12. The molecule has 84 heavy (non-hydrogen) atoms. The van der Waals surface area contributed by atoms with Crippen LogP contribution in [0.1, 0.15) is 212 Å². The molecule has 9 aromatic carbocycles. The fraction of sp³-hybridized carbons (Fsp3) is 0.310. The fourth-order valence-corrected chi connectivity index (χ4v) is 14.6. The molecule has 0 saturated carbocycles. The Labute approximate surface area is 505 Å². The molecule has 0 bridgehead atoms. The molecule has 0 radical (unpaired) electrons. The van der Waals surface area contributed by atoms with Crippen LogP contribution in [0.25, 0.3) is 67.8 Å². The van der Waals surface area contributed by atoms with Gasteiger partial charge in [-0.15, -0.1) is 0 Å². The van der Waals surface area contributed by atoms with E-state index in [1.54, 1.807) is 22.3 Å². The molecule has 0 N–H and O–H groups in total. The van der Waals surface area contributed by atoms with Crippen molar-refractivity contribution in [2.45, 2.75) is 167 Å². The van der Waals surface area contributed by atoms with Crippen molar-refractivity contribution in [1.82, 2.24) is 0 Å². The molecule has 426 valence electrons. The quantitative estimate of drug-likeness (QED) is 0.0339. The zero-order valence-corrected chi connectivity index (χ0v) is 51.1. The van der Waals surface area contributed by atoms with Crippen LogP contribution in [0.2, 0.25) is 0 Å². The maximum absolute atomic E-state index is 2.60. The smallest absolute Gasteiger partial charge is 0.0215 e. The minimum Gasteiger partial charge on any atom is -0.0654 e. The summed E-state index contributed by atoms with van der Waals surface area (Å²) in [6.45, 7) is 9.32. The Morgan fingerprint density at radius 2 is 0.560 bits per heavy atom. The summed E-state index contributed by atoms with van der Waals surface area (Å²) >= 11 is 0. The summed E-state index contributed by atoms with van der Waals surface area (Å²) in [4.78, 5) is 0. The van der Waals surface area contributed by atoms with Gasteiger partial charge in [0.2, 0.25) is 0 Å². The van der Waals surface area contributed by atoms with Gasteiger partial charge in [-0.3, -0.25) is 0 Å². The first-order valence-electron chi connectivity index (χ1n) is 32.8. The van der Waals surface area contributed by atoms with Crippen molar-refractivity contribution < 1.29 is 0 Å². The monoisotopic (exact) mass is 1100 g/mol. The van der Waals surface area contributed by atoms with Crippen LogP contribution < -0.4 is 0 Å². The largest absolute Gasteiger partial charge is 0.0654 e. The van der Waals surface area contributed by atoms with E-state index in [1.165, 1.54) is 217 Å². The highest BCUT2D eigenvalue weighted by Crippen LogP contribution is 2.57. The molecule has 0 atom stereocenters. The molecule has 0 aliphatic heterocycles. The zero-order chi connectivity index (χ0) is 57.6. The van der Waals surface area contributed by atoms with Gasteiger partial charge in [-0.1, -0.05) is 337 Å². The van der Waals surface area contributed by atoms with Gasteiger partial charge in [0.1, 0.15) is 0 Å². The van der Waals surface area contributed by atoms with Gasteiger partial charge in [0.25, 0.3) is 0 Å². The highest BCUT2D eigenvalue weighted by molar-refractivity contribution is 5.95. The van der Waals surface area contributed by atoms with E-state index in [0.29, 0.717) is 0 Å². The fourth-order valence-electron chi connectivity index (χ4n) is 14.6. The molecular formula is C84H90. The number of benzene rings is 9. The first-order chi connectivity index (χ1) is 41.5. The second kappa shape index (κ2) is 27.9. The topological polar surface area (TPSA) is 0 Å². The third-order valence-electron chi connectivity index (χ3n) is 19.2. The van der Waals surface area contributed by atoms with Gasteiger partial charge in [-0.05, 0) is 161 Å². The van der Waals surface area contributed by atoms with E-state index in [1.807, 2.05) is 0 Å². The number of fused-ring (bicyclic) bond motifs is 6. The molecular weight excluding hydrogens is 1010 g/mol. The highest BCUT2D eigenvalue weighted by Gasteiger charge is 2.44. The molecule has 0 unspecified atom stereocenters. The lowest BCUT2D eigenvalue weighted by atomic mass is 9.70. The molecule has 0 aromatic heterocycles. The average Bonchev–Trinajstić information content (AvgIpc) is 2.06. The normalized spacial score (nSPS) is 13.8. The molecule has 0 fully saturated rings. The third-order valence-corrected chi connectivity index (χ3v) is 19.2. The van der Waals surface area contributed by atoms with Gasteiger partial charge >= 0.3 is 0 Å². The summed E-state index contributed by atoms with van der Waals surface area (Å²) in [5.41, 5.74) is 27.0. The van der Waals surface area contributed by atoms with Gasteiger partial charge in [0, 0.05) is 10.8 Å². The van der Waals surface area contributed by atoms with Gasteiger partial charge in [0.15, 0.2) is 0 Å². The molecule has 0 saturated heterocycles. The molecule has 2 aliphatic rings. The second-order valence-corrected chi connectivity index (χ2v) is 24.7. The molecule has 2 aliphatic carbocycles. The Hall–Kier alpha value is -7.54. The zero-order valence-electron chi connectivity index (χ0n) is 51.1. The highest BCUT2D eigenvalue weighted by atomic mass is 14.5. The Bertz CT molecular complexity index is 3360. The molecule has 0 nitrogen and oxygen atoms in total. The summed E-state index contributed by atoms with van der Waals surface area (Å²) in [5.74, 6) is 0. The first-order valence-corrected chi connectivity index (χ1v) is 32.8. The Balaban J connectivity index is 0.853. The van der Waals surface area contributed by atoms with E-state index in [-0.39, 0.29) is 10.8 Å².